The van der Waals surface area contributed by atoms with Gasteiger partial charge in [-0.15, -0.1) is 0 Å². The number of rotatable bonds is 4. The molecule has 0 saturated heterocycles. The molecule has 1 aromatic carbocycles. The predicted molar refractivity (Wildman–Crippen MR) is 71.1 cm³/mol. The Hall–Kier alpha value is -2.34. The summed E-state index contributed by atoms with van der Waals surface area (Å²) in [7, 11) is 1.50. The van der Waals surface area contributed by atoms with Gasteiger partial charge in [-0.05, 0) is 18.2 Å². The molecule has 2 rings (SSSR count). The van der Waals surface area contributed by atoms with Gasteiger partial charge >= 0.3 is 0 Å². The van der Waals surface area contributed by atoms with Gasteiger partial charge in [0, 0.05) is 22.8 Å². The minimum atomic E-state index is -0.339. The number of carbonyl (C=O) groups is 1. The van der Waals surface area contributed by atoms with E-state index in [1.54, 1.807) is 30.3 Å². The largest absolute Gasteiger partial charge is 0.481 e. The van der Waals surface area contributed by atoms with Gasteiger partial charge in [0.25, 0.3) is 5.91 Å². The van der Waals surface area contributed by atoms with Gasteiger partial charge < -0.3 is 4.74 Å². The highest BCUT2D eigenvalue weighted by molar-refractivity contribution is 6.30. The molecule has 1 amide bonds. The number of amides is 1. The Morgan fingerprint density at radius 1 is 1.37 bits per heavy atom. The maximum absolute atomic E-state index is 11.8. The van der Waals surface area contributed by atoms with Crippen LogP contribution in [-0.4, -0.2) is 23.0 Å². The van der Waals surface area contributed by atoms with E-state index in [1.807, 2.05) is 0 Å². The molecule has 7 heteroatoms. The van der Waals surface area contributed by atoms with Crippen LogP contribution in [-0.2, 0) is 0 Å². The van der Waals surface area contributed by atoms with E-state index in [0.29, 0.717) is 16.5 Å². The first-order valence-corrected chi connectivity index (χ1v) is 5.76. The summed E-state index contributed by atoms with van der Waals surface area (Å²) in [5.74, 6) is 0.290. The molecule has 6 nitrogen and oxygen atoms in total. The minimum Gasteiger partial charge on any atom is -0.481 e. The third kappa shape index (κ3) is 3.56. The number of nitrogens with one attached hydrogen (secondary N) is 2. The first-order chi connectivity index (χ1) is 9.19. The van der Waals surface area contributed by atoms with Crippen molar-refractivity contribution < 1.29 is 9.53 Å². The quantitative estimate of drug-likeness (QED) is 0.836. The molecule has 0 aliphatic rings. The van der Waals surface area contributed by atoms with Crippen molar-refractivity contribution in [1.82, 2.24) is 15.4 Å². The van der Waals surface area contributed by atoms with Crippen LogP contribution in [0.1, 0.15) is 10.4 Å². The molecular formula is C12H11ClN4O2. The van der Waals surface area contributed by atoms with Gasteiger partial charge in [0.1, 0.15) is 0 Å². The van der Waals surface area contributed by atoms with Gasteiger partial charge in [-0.2, -0.15) is 4.98 Å². The fraction of sp³-hybridized carbons (Fsp3) is 0.0833. The lowest BCUT2D eigenvalue weighted by atomic mass is 10.2. The van der Waals surface area contributed by atoms with Crippen molar-refractivity contribution in [3.8, 4) is 5.88 Å². The number of benzene rings is 1. The standard InChI is InChI=1S/C12H11ClN4O2/c1-19-10-5-6-14-12(15-10)17-16-11(18)8-3-2-4-9(13)7-8/h2-7H,1H3,(H,16,18)(H,14,15,17). The van der Waals surface area contributed by atoms with E-state index in [9.17, 15) is 4.79 Å². The number of ether oxygens (including phenoxy) is 1. The number of aromatic nitrogens is 2. The number of methoxy groups -OCH3 is 1. The first kappa shape index (κ1) is 13.1. The molecule has 2 N–H and O–H groups in total. The highest BCUT2D eigenvalue weighted by Gasteiger charge is 2.06. The van der Waals surface area contributed by atoms with E-state index in [0.717, 1.165) is 0 Å². The number of nitrogens with zero attached hydrogens (tertiary/aromatic N) is 2. The Morgan fingerprint density at radius 3 is 2.95 bits per heavy atom. The SMILES string of the molecule is COc1ccnc(NNC(=O)c2cccc(Cl)c2)n1. The predicted octanol–water partition coefficient (Wildman–Crippen LogP) is 1.90. The maximum Gasteiger partial charge on any atom is 0.269 e. The van der Waals surface area contributed by atoms with Crippen molar-refractivity contribution >= 4 is 23.5 Å². The van der Waals surface area contributed by atoms with Crippen LogP contribution in [0.3, 0.4) is 0 Å². The summed E-state index contributed by atoms with van der Waals surface area (Å²) in [4.78, 5) is 19.7. The molecule has 0 atom stereocenters. The lowest BCUT2D eigenvalue weighted by molar-refractivity contribution is 0.0962. The monoisotopic (exact) mass is 278 g/mol. The van der Waals surface area contributed by atoms with Crippen LogP contribution >= 0.6 is 11.6 Å². The Bertz CT molecular complexity index is 591. The Kier molecular flexibility index (Phi) is 4.15. The Balaban J connectivity index is 2.00. The summed E-state index contributed by atoms with van der Waals surface area (Å²) < 4.78 is 4.94. The molecular weight excluding hydrogens is 268 g/mol. The van der Waals surface area contributed by atoms with Crippen LogP contribution in [0.4, 0.5) is 5.95 Å². The maximum atomic E-state index is 11.8. The fourth-order valence-corrected chi connectivity index (χ4v) is 1.52. The molecule has 0 aliphatic heterocycles. The van der Waals surface area contributed by atoms with Crippen molar-refractivity contribution in [2.24, 2.45) is 0 Å². The van der Waals surface area contributed by atoms with E-state index < -0.39 is 0 Å². The molecule has 0 aliphatic carbocycles. The van der Waals surface area contributed by atoms with Crippen LogP contribution in [0.25, 0.3) is 0 Å². The van der Waals surface area contributed by atoms with E-state index >= 15 is 0 Å². The number of halogens is 1. The van der Waals surface area contributed by atoms with E-state index in [4.69, 9.17) is 16.3 Å². The molecule has 1 heterocycles. The summed E-state index contributed by atoms with van der Waals surface area (Å²) >= 11 is 5.80. The molecule has 19 heavy (non-hydrogen) atoms. The fourth-order valence-electron chi connectivity index (χ4n) is 1.33. The number of hydrogen-bond donors (Lipinski definition) is 2. The summed E-state index contributed by atoms with van der Waals surface area (Å²) in [6.45, 7) is 0. The van der Waals surface area contributed by atoms with Gasteiger partial charge in [0.15, 0.2) is 0 Å². The zero-order chi connectivity index (χ0) is 13.7. The molecule has 0 fully saturated rings. The van der Waals surface area contributed by atoms with Crippen LogP contribution in [0.15, 0.2) is 36.5 Å². The second-order valence-corrected chi connectivity index (χ2v) is 3.95. The minimum absolute atomic E-state index is 0.231. The molecule has 98 valence electrons. The number of anilines is 1. The van der Waals surface area contributed by atoms with Crippen molar-refractivity contribution in [2.45, 2.75) is 0 Å². The lowest BCUT2D eigenvalue weighted by Gasteiger charge is -2.07. The highest BCUT2D eigenvalue weighted by atomic mass is 35.5. The number of hydrazine groups is 1. The van der Waals surface area contributed by atoms with Gasteiger partial charge in [-0.3, -0.25) is 15.6 Å². The molecule has 0 spiro atoms. The van der Waals surface area contributed by atoms with Crippen LogP contribution in [0.5, 0.6) is 5.88 Å². The summed E-state index contributed by atoms with van der Waals surface area (Å²) in [5.41, 5.74) is 5.49. The molecule has 0 unspecified atom stereocenters. The normalized spacial score (nSPS) is 9.79. The number of carbonyl (C=O) groups excluding carboxylic acids is 1. The van der Waals surface area contributed by atoms with E-state index in [-0.39, 0.29) is 11.9 Å². The van der Waals surface area contributed by atoms with E-state index in [1.165, 1.54) is 13.3 Å². The van der Waals surface area contributed by atoms with Gasteiger partial charge in [0.05, 0.1) is 7.11 Å². The van der Waals surface area contributed by atoms with Crippen LogP contribution in [0.2, 0.25) is 5.02 Å². The van der Waals surface area contributed by atoms with Gasteiger partial charge in [0.2, 0.25) is 11.8 Å². The molecule has 0 saturated carbocycles. The Labute approximate surface area is 114 Å². The average molecular weight is 279 g/mol. The smallest absolute Gasteiger partial charge is 0.269 e. The zero-order valence-electron chi connectivity index (χ0n) is 10.1. The summed E-state index contributed by atoms with van der Waals surface area (Å²) in [6, 6.07) is 8.19. The third-order valence-electron chi connectivity index (χ3n) is 2.21. The molecule has 1 aromatic heterocycles. The van der Waals surface area contributed by atoms with Gasteiger partial charge in [-0.25, -0.2) is 4.98 Å². The topological polar surface area (TPSA) is 76.1 Å². The first-order valence-electron chi connectivity index (χ1n) is 5.38. The Morgan fingerprint density at radius 2 is 2.21 bits per heavy atom. The molecule has 0 bridgehead atoms. The van der Waals surface area contributed by atoms with Gasteiger partial charge in [-0.1, -0.05) is 17.7 Å². The second kappa shape index (κ2) is 6.01. The summed E-state index contributed by atoms with van der Waals surface area (Å²) in [6.07, 6.45) is 1.51. The molecule has 0 radical (unpaired) electrons. The van der Waals surface area contributed by atoms with Crippen molar-refractivity contribution in [3.63, 3.8) is 0 Å². The van der Waals surface area contributed by atoms with Crippen molar-refractivity contribution in [1.29, 1.82) is 0 Å². The summed E-state index contributed by atoms with van der Waals surface area (Å²) in [5, 5.41) is 0.491. The second-order valence-electron chi connectivity index (χ2n) is 3.51. The third-order valence-corrected chi connectivity index (χ3v) is 2.45. The van der Waals surface area contributed by atoms with Crippen molar-refractivity contribution in [3.05, 3.63) is 47.1 Å². The number of hydrogen-bond acceptors (Lipinski definition) is 5. The van der Waals surface area contributed by atoms with Crippen LogP contribution in [0, 0.1) is 0 Å². The zero-order valence-corrected chi connectivity index (χ0v) is 10.8. The van der Waals surface area contributed by atoms with E-state index in [2.05, 4.69) is 20.8 Å². The van der Waals surface area contributed by atoms with Crippen LogP contribution < -0.4 is 15.6 Å². The highest BCUT2D eigenvalue weighted by Crippen LogP contribution is 2.10. The molecule has 2 aromatic rings. The average Bonchev–Trinajstić information content (AvgIpc) is 2.45. The lowest BCUT2D eigenvalue weighted by Crippen LogP contribution is -2.30. The van der Waals surface area contributed by atoms with Crippen molar-refractivity contribution in [2.75, 3.05) is 12.5 Å².